The Labute approximate surface area is 108 Å². The van der Waals surface area contributed by atoms with Gasteiger partial charge in [0.05, 0.1) is 6.10 Å². The molecule has 96 valence electrons. The first-order chi connectivity index (χ1) is 8.27. The van der Waals surface area contributed by atoms with E-state index < -0.39 is 0 Å². The second kappa shape index (κ2) is 6.53. The van der Waals surface area contributed by atoms with Crippen molar-refractivity contribution in [2.75, 3.05) is 13.2 Å². The van der Waals surface area contributed by atoms with Crippen LogP contribution in [0.1, 0.15) is 49.1 Å². The maximum absolute atomic E-state index is 5.74. The van der Waals surface area contributed by atoms with Crippen LogP contribution in [0.4, 0.5) is 0 Å². The molecule has 0 saturated carbocycles. The van der Waals surface area contributed by atoms with Crippen molar-refractivity contribution in [1.82, 2.24) is 5.32 Å². The number of aryl methyl sites for hydroxylation is 1. The van der Waals surface area contributed by atoms with Crippen molar-refractivity contribution >= 4 is 11.3 Å². The Hall–Kier alpha value is -0.380. The van der Waals surface area contributed by atoms with Crippen LogP contribution in [0, 0.1) is 6.92 Å². The molecular formula is C14H23NOS. The fourth-order valence-corrected chi connectivity index (χ4v) is 3.38. The lowest BCUT2D eigenvalue weighted by atomic mass is 10.1. The molecule has 1 aromatic heterocycles. The Bertz CT molecular complexity index is 331. The summed E-state index contributed by atoms with van der Waals surface area (Å²) < 4.78 is 5.74. The van der Waals surface area contributed by atoms with Crippen molar-refractivity contribution in [2.45, 2.75) is 51.7 Å². The number of hydrogen-bond donors (Lipinski definition) is 1. The Morgan fingerprint density at radius 1 is 1.53 bits per heavy atom. The minimum atomic E-state index is 0.471. The van der Waals surface area contributed by atoms with Gasteiger partial charge in [-0.3, -0.25) is 0 Å². The van der Waals surface area contributed by atoms with Crippen molar-refractivity contribution in [3.8, 4) is 0 Å². The molecule has 2 nitrogen and oxygen atoms in total. The largest absolute Gasteiger partial charge is 0.378 e. The van der Waals surface area contributed by atoms with Gasteiger partial charge in [-0.05, 0) is 63.1 Å². The van der Waals surface area contributed by atoms with Gasteiger partial charge in [-0.2, -0.15) is 0 Å². The third-order valence-corrected chi connectivity index (χ3v) is 4.69. The van der Waals surface area contributed by atoms with E-state index in [-0.39, 0.29) is 0 Å². The Morgan fingerprint density at radius 3 is 3.06 bits per heavy atom. The molecule has 0 aromatic carbocycles. The molecule has 0 aliphatic carbocycles. The predicted molar refractivity (Wildman–Crippen MR) is 73.7 cm³/mol. The first-order valence-electron chi connectivity index (χ1n) is 6.66. The van der Waals surface area contributed by atoms with E-state index in [2.05, 4.69) is 30.6 Å². The zero-order valence-corrected chi connectivity index (χ0v) is 11.7. The van der Waals surface area contributed by atoms with E-state index in [0.29, 0.717) is 12.1 Å². The topological polar surface area (TPSA) is 21.3 Å². The molecular weight excluding hydrogens is 230 g/mol. The maximum Gasteiger partial charge on any atom is 0.0587 e. The molecule has 1 N–H and O–H groups in total. The molecule has 17 heavy (non-hydrogen) atoms. The average molecular weight is 253 g/mol. The lowest BCUT2D eigenvalue weighted by Crippen LogP contribution is -2.26. The summed E-state index contributed by atoms with van der Waals surface area (Å²) in [4.78, 5) is 1.47. The molecule has 2 unspecified atom stereocenters. The number of ether oxygens (including phenoxy) is 1. The lowest BCUT2D eigenvalue weighted by Gasteiger charge is -2.23. The van der Waals surface area contributed by atoms with Gasteiger partial charge in [0.2, 0.25) is 0 Å². The normalized spacial score (nSPS) is 22.6. The van der Waals surface area contributed by atoms with Crippen LogP contribution in [0.15, 0.2) is 11.4 Å². The van der Waals surface area contributed by atoms with E-state index in [4.69, 9.17) is 4.74 Å². The van der Waals surface area contributed by atoms with Crippen molar-refractivity contribution < 1.29 is 4.74 Å². The molecule has 2 atom stereocenters. The summed E-state index contributed by atoms with van der Waals surface area (Å²) >= 11 is 1.85. The number of rotatable bonds is 5. The van der Waals surface area contributed by atoms with Crippen LogP contribution in [-0.2, 0) is 4.74 Å². The molecule has 1 aliphatic rings. The van der Waals surface area contributed by atoms with Crippen LogP contribution in [0.2, 0.25) is 0 Å². The molecule has 1 fully saturated rings. The molecule has 3 heteroatoms. The number of thiophene rings is 1. The van der Waals surface area contributed by atoms with Gasteiger partial charge < -0.3 is 10.1 Å². The lowest BCUT2D eigenvalue weighted by molar-refractivity contribution is 0.0113. The Balaban J connectivity index is 1.69. The van der Waals surface area contributed by atoms with Crippen molar-refractivity contribution in [2.24, 2.45) is 0 Å². The smallest absolute Gasteiger partial charge is 0.0587 e. The summed E-state index contributed by atoms with van der Waals surface area (Å²) in [5.74, 6) is 0. The highest BCUT2D eigenvalue weighted by molar-refractivity contribution is 7.10. The van der Waals surface area contributed by atoms with E-state index in [1.54, 1.807) is 0 Å². The number of hydrogen-bond acceptors (Lipinski definition) is 3. The highest BCUT2D eigenvalue weighted by Gasteiger charge is 2.14. The molecule has 0 bridgehead atoms. The molecule has 0 radical (unpaired) electrons. The second-order valence-electron chi connectivity index (χ2n) is 4.92. The fraction of sp³-hybridized carbons (Fsp3) is 0.714. The SMILES string of the molecule is Cc1ccsc1C(C)NCCC1CCCCO1. The summed E-state index contributed by atoms with van der Waals surface area (Å²) in [6.45, 7) is 6.46. The average Bonchev–Trinajstić information content (AvgIpc) is 2.77. The van der Waals surface area contributed by atoms with E-state index in [9.17, 15) is 0 Å². The van der Waals surface area contributed by atoms with Crippen LogP contribution < -0.4 is 5.32 Å². The van der Waals surface area contributed by atoms with Crippen LogP contribution >= 0.6 is 11.3 Å². The molecule has 1 aromatic rings. The molecule has 2 rings (SSSR count). The standard InChI is InChI=1S/C14H23NOS/c1-11-7-10-17-14(11)12(2)15-8-6-13-5-3-4-9-16-13/h7,10,12-13,15H,3-6,8-9H2,1-2H3. The van der Waals surface area contributed by atoms with Crippen molar-refractivity contribution in [3.63, 3.8) is 0 Å². The second-order valence-corrected chi connectivity index (χ2v) is 5.87. The molecule has 0 spiro atoms. The van der Waals surface area contributed by atoms with E-state index in [1.807, 2.05) is 11.3 Å². The number of nitrogens with one attached hydrogen (secondary N) is 1. The maximum atomic E-state index is 5.74. The van der Waals surface area contributed by atoms with Crippen LogP contribution in [0.3, 0.4) is 0 Å². The third-order valence-electron chi connectivity index (χ3n) is 3.49. The van der Waals surface area contributed by atoms with E-state index >= 15 is 0 Å². The minimum Gasteiger partial charge on any atom is -0.378 e. The third kappa shape index (κ3) is 3.80. The summed E-state index contributed by atoms with van der Waals surface area (Å²) in [6, 6.07) is 2.67. The Morgan fingerprint density at radius 2 is 2.41 bits per heavy atom. The zero-order valence-electron chi connectivity index (χ0n) is 10.9. The first-order valence-corrected chi connectivity index (χ1v) is 7.54. The summed E-state index contributed by atoms with van der Waals surface area (Å²) in [6.07, 6.45) is 5.47. The van der Waals surface area contributed by atoms with E-state index in [1.165, 1.54) is 29.7 Å². The van der Waals surface area contributed by atoms with Crippen molar-refractivity contribution in [1.29, 1.82) is 0 Å². The molecule has 1 saturated heterocycles. The van der Waals surface area contributed by atoms with Gasteiger partial charge in [0.25, 0.3) is 0 Å². The quantitative estimate of drug-likeness (QED) is 0.864. The van der Waals surface area contributed by atoms with Crippen LogP contribution in [0.5, 0.6) is 0 Å². The summed E-state index contributed by atoms with van der Waals surface area (Å²) in [5.41, 5.74) is 1.41. The minimum absolute atomic E-state index is 0.471. The van der Waals surface area contributed by atoms with E-state index in [0.717, 1.165) is 19.6 Å². The van der Waals surface area contributed by atoms with Gasteiger partial charge in [-0.15, -0.1) is 11.3 Å². The summed E-state index contributed by atoms with van der Waals surface area (Å²) in [7, 11) is 0. The van der Waals surface area contributed by atoms with Gasteiger partial charge in [0.15, 0.2) is 0 Å². The first kappa shape index (κ1) is 13.1. The van der Waals surface area contributed by atoms with Gasteiger partial charge in [-0.1, -0.05) is 0 Å². The monoisotopic (exact) mass is 253 g/mol. The fourth-order valence-electron chi connectivity index (χ4n) is 2.42. The molecule has 2 heterocycles. The van der Waals surface area contributed by atoms with Gasteiger partial charge in [-0.25, -0.2) is 0 Å². The predicted octanol–water partition coefficient (Wildman–Crippen LogP) is 3.67. The van der Waals surface area contributed by atoms with Gasteiger partial charge >= 0.3 is 0 Å². The Kier molecular flexibility index (Phi) is 5.01. The van der Waals surface area contributed by atoms with Gasteiger partial charge in [0, 0.05) is 17.5 Å². The summed E-state index contributed by atoms with van der Waals surface area (Å²) in [5, 5.41) is 5.78. The zero-order chi connectivity index (χ0) is 12.1. The van der Waals surface area contributed by atoms with Crippen molar-refractivity contribution in [3.05, 3.63) is 21.9 Å². The molecule has 1 aliphatic heterocycles. The van der Waals surface area contributed by atoms with Crippen LogP contribution in [0.25, 0.3) is 0 Å². The van der Waals surface area contributed by atoms with Gasteiger partial charge in [0.1, 0.15) is 0 Å². The molecule has 0 amide bonds. The highest BCUT2D eigenvalue weighted by atomic mass is 32.1. The highest BCUT2D eigenvalue weighted by Crippen LogP contribution is 2.23. The van der Waals surface area contributed by atoms with Crippen LogP contribution in [-0.4, -0.2) is 19.3 Å².